The Balaban J connectivity index is 1.80. The lowest BCUT2D eigenvalue weighted by Crippen LogP contribution is -2.49. The highest BCUT2D eigenvalue weighted by Crippen LogP contribution is 2.35. The first kappa shape index (κ1) is 16.2. The van der Waals surface area contributed by atoms with Crippen molar-refractivity contribution in [1.29, 1.82) is 0 Å². The topological polar surface area (TPSA) is 49.4 Å². The van der Waals surface area contributed by atoms with E-state index in [0.717, 1.165) is 12.8 Å². The van der Waals surface area contributed by atoms with Gasteiger partial charge in [0.15, 0.2) is 0 Å². The predicted molar refractivity (Wildman–Crippen MR) is 83.2 cm³/mol. The van der Waals surface area contributed by atoms with Crippen molar-refractivity contribution in [2.45, 2.75) is 71.4 Å². The highest BCUT2D eigenvalue weighted by Gasteiger charge is 2.31. The minimum atomic E-state index is -2.99. The van der Waals surface area contributed by atoms with E-state index < -0.39 is 10.0 Å². The summed E-state index contributed by atoms with van der Waals surface area (Å²) in [6.45, 7) is 7.81. The van der Waals surface area contributed by atoms with E-state index in [1.54, 1.807) is 11.2 Å². The van der Waals surface area contributed by atoms with Crippen LogP contribution in [0.3, 0.4) is 0 Å². The smallest absolute Gasteiger partial charge is 0.213 e. The molecule has 0 aromatic rings. The number of sulfonamides is 1. The van der Waals surface area contributed by atoms with Crippen molar-refractivity contribution in [3.8, 4) is 0 Å². The van der Waals surface area contributed by atoms with Crippen LogP contribution >= 0.6 is 0 Å². The quantitative estimate of drug-likeness (QED) is 0.867. The zero-order valence-electron chi connectivity index (χ0n) is 13.2. The largest absolute Gasteiger partial charge is 0.311 e. The third kappa shape index (κ3) is 4.18. The maximum atomic E-state index is 11.8. The van der Waals surface area contributed by atoms with Gasteiger partial charge in [-0.15, -0.1) is 0 Å². The second-order valence-electron chi connectivity index (χ2n) is 7.20. The summed E-state index contributed by atoms with van der Waals surface area (Å²) >= 11 is 0. The van der Waals surface area contributed by atoms with E-state index in [1.807, 2.05) is 0 Å². The van der Waals surface area contributed by atoms with E-state index >= 15 is 0 Å². The second-order valence-corrected chi connectivity index (χ2v) is 9.46. The van der Waals surface area contributed by atoms with E-state index in [-0.39, 0.29) is 5.75 Å². The summed E-state index contributed by atoms with van der Waals surface area (Å²) in [4.78, 5) is 0. The van der Waals surface area contributed by atoms with Gasteiger partial charge in [-0.05, 0) is 44.4 Å². The first-order valence-electron chi connectivity index (χ1n) is 8.06. The number of nitrogens with zero attached hydrogens (tertiary/aromatic N) is 1. The summed E-state index contributed by atoms with van der Waals surface area (Å²) in [5.74, 6) is 0.224. The zero-order chi connectivity index (χ0) is 14.8. The Kier molecular flexibility index (Phi) is 5.14. The lowest BCUT2D eigenvalue weighted by molar-refractivity contribution is 0.174. The molecule has 1 aliphatic carbocycles. The van der Waals surface area contributed by atoms with Gasteiger partial charge in [0.25, 0.3) is 0 Å². The molecule has 1 heterocycles. The highest BCUT2D eigenvalue weighted by molar-refractivity contribution is 7.89. The van der Waals surface area contributed by atoms with Gasteiger partial charge in [0, 0.05) is 25.2 Å². The molecule has 1 saturated carbocycles. The molecule has 0 aromatic heterocycles. The third-order valence-electron chi connectivity index (χ3n) is 4.89. The summed E-state index contributed by atoms with van der Waals surface area (Å²) < 4.78 is 25.3. The van der Waals surface area contributed by atoms with Crippen LogP contribution in [0.25, 0.3) is 0 Å². The molecule has 1 atom stereocenters. The number of rotatable bonds is 4. The van der Waals surface area contributed by atoms with Gasteiger partial charge in [-0.2, -0.15) is 0 Å². The molecule has 4 nitrogen and oxygen atoms in total. The molecule has 0 radical (unpaired) electrons. The maximum absolute atomic E-state index is 11.8. The fourth-order valence-electron chi connectivity index (χ4n) is 3.66. The minimum Gasteiger partial charge on any atom is -0.311 e. The SMILES string of the molecule is CCS(=O)(=O)N1CCC(NC2CCCC(C)(C)C2)CC1. The molecule has 2 fully saturated rings. The second kappa shape index (κ2) is 6.32. The van der Waals surface area contributed by atoms with Gasteiger partial charge in [-0.1, -0.05) is 20.3 Å². The van der Waals surface area contributed by atoms with Crippen molar-refractivity contribution >= 4 is 10.0 Å². The van der Waals surface area contributed by atoms with Gasteiger partial charge >= 0.3 is 0 Å². The van der Waals surface area contributed by atoms with E-state index in [2.05, 4.69) is 19.2 Å². The lowest BCUT2D eigenvalue weighted by Gasteiger charge is -2.39. The Morgan fingerprint density at radius 1 is 1.15 bits per heavy atom. The van der Waals surface area contributed by atoms with Gasteiger partial charge in [0.1, 0.15) is 0 Å². The molecule has 5 heteroatoms. The van der Waals surface area contributed by atoms with Crippen LogP contribution in [0, 0.1) is 5.41 Å². The first-order valence-corrected chi connectivity index (χ1v) is 9.67. The number of hydrogen-bond acceptors (Lipinski definition) is 3. The van der Waals surface area contributed by atoms with Crippen LogP contribution in [0.1, 0.15) is 59.3 Å². The summed E-state index contributed by atoms with van der Waals surface area (Å²) in [6, 6.07) is 1.12. The average Bonchev–Trinajstić information content (AvgIpc) is 2.38. The van der Waals surface area contributed by atoms with Crippen LogP contribution in [-0.4, -0.2) is 43.6 Å². The van der Waals surface area contributed by atoms with E-state index in [4.69, 9.17) is 0 Å². The molecule has 0 bridgehead atoms. The minimum absolute atomic E-state index is 0.224. The van der Waals surface area contributed by atoms with Crippen LogP contribution in [0.4, 0.5) is 0 Å². The molecule has 0 aromatic carbocycles. The van der Waals surface area contributed by atoms with Gasteiger partial charge in [0.2, 0.25) is 10.0 Å². The van der Waals surface area contributed by atoms with Crippen molar-refractivity contribution in [1.82, 2.24) is 9.62 Å². The summed E-state index contributed by atoms with van der Waals surface area (Å²) in [5, 5.41) is 3.78. The molecule has 118 valence electrons. The number of hydrogen-bond donors (Lipinski definition) is 1. The molecular weight excluding hydrogens is 272 g/mol. The molecular formula is C15H30N2O2S. The molecule has 20 heavy (non-hydrogen) atoms. The molecule has 1 unspecified atom stereocenters. The predicted octanol–water partition coefficient (Wildman–Crippen LogP) is 2.36. The van der Waals surface area contributed by atoms with E-state index in [0.29, 0.717) is 30.6 Å². The Bertz CT molecular complexity index is 412. The Morgan fingerprint density at radius 3 is 2.35 bits per heavy atom. The number of nitrogens with one attached hydrogen (secondary N) is 1. The van der Waals surface area contributed by atoms with Crippen molar-refractivity contribution in [2.24, 2.45) is 5.41 Å². The monoisotopic (exact) mass is 302 g/mol. The highest BCUT2D eigenvalue weighted by atomic mass is 32.2. The van der Waals surface area contributed by atoms with Crippen LogP contribution in [-0.2, 0) is 10.0 Å². The maximum Gasteiger partial charge on any atom is 0.213 e. The van der Waals surface area contributed by atoms with Crippen LogP contribution < -0.4 is 5.32 Å². The van der Waals surface area contributed by atoms with Crippen molar-refractivity contribution < 1.29 is 8.42 Å². The molecule has 2 aliphatic rings. The van der Waals surface area contributed by atoms with Gasteiger partial charge < -0.3 is 5.32 Å². The van der Waals surface area contributed by atoms with Crippen molar-refractivity contribution in [3.05, 3.63) is 0 Å². The normalized spacial score (nSPS) is 29.4. The molecule has 2 rings (SSSR count). The standard InChI is InChI=1S/C15H30N2O2S/c1-4-20(18,19)17-10-7-13(8-11-17)16-14-6-5-9-15(2,3)12-14/h13-14,16H,4-12H2,1-3H3. The van der Waals surface area contributed by atoms with Crippen molar-refractivity contribution in [2.75, 3.05) is 18.8 Å². The summed E-state index contributed by atoms with van der Waals surface area (Å²) in [6.07, 6.45) is 7.08. The fourth-order valence-corrected chi connectivity index (χ4v) is 4.79. The Hall–Kier alpha value is -0.130. The average molecular weight is 302 g/mol. The molecule has 0 amide bonds. The zero-order valence-corrected chi connectivity index (χ0v) is 14.0. The molecule has 0 spiro atoms. The Labute approximate surface area is 124 Å². The van der Waals surface area contributed by atoms with E-state index in [1.165, 1.54) is 25.7 Å². The van der Waals surface area contributed by atoms with Crippen LogP contribution in [0.2, 0.25) is 0 Å². The molecule has 1 saturated heterocycles. The Morgan fingerprint density at radius 2 is 1.80 bits per heavy atom. The van der Waals surface area contributed by atoms with Crippen LogP contribution in [0.15, 0.2) is 0 Å². The number of piperidine rings is 1. The van der Waals surface area contributed by atoms with Gasteiger partial charge in [-0.25, -0.2) is 12.7 Å². The van der Waals surface area contributed by atoms with E-state index in [9.17, 15) is 8.42 Å². The molecule has 1 aliphatic heterocycles. The van der Waals surface area contributed by atoms with Crippen LogP contribution in [0.5, 0.6) is 0 Å². The van der Waals surface area contributed by atoms with Gasteiger partial charge in [0.05, 0.1) is 5.75 Å². The fraction of sp³-hybridized carbons (Fsp3) is 1.00. The first-order chi connectivity index (χ1) is 9.32. The lowest BCUT2D eigenvalue weighted by atomic mass is 9.75. The summed E-state index contributed by atoms with van der Waals surface area (Å²) in [5.41, 5.74) is 0.460. The van der Waals surface area contributed by atoms with Crippen molar-refractivity contribution in [3.63, 3.8) is 0 Å². The van der Waals surface area contributed by atoms with Gasteiger partial charge in [-0.3, -0.25) is 0 Å². The summed E-state index contributed by atoms with van der Waals surface area (Å²) in [7, 11) is -2.99. The third-order valence-corrected chi connectivity index (χ3v) is 6.77. The molecule has 1 N–H and O–H groups in total.